The molecule has 1 fully saturated rings. The van der Waals surface area contributed by atoms with E-state index < -0.39 is 11.7 Å². The summed E-state index contributed by atoms with van der Waals surface area (Å²) in [5.74, 6) is 0.0348. The number of nitrogens with one attached hydrogen (secondary N) is 1. The van der Waals surface area contributed by atoms with E-state index in [9.17, 15) is 4.79 Å². The number of alkyl carbamates (subject to hydrolysis) is 1. The van der Waals surface area contributed by atoms with E-state index in [1.54, 1.807) is 0 Å². The van der Waals surface area contributed by atoms with Gasteiger partial charge in [-0.25, -0.2) is 4.79 Å². The van der Waals surface area contributed by atoms with Gasteiger partial charge in [-0.15, -0.1) is 0 Å². The van der Waals surface area contributed by atoms with Crippen LogP contribution in [0.1, 0.15) is 23.5 Å². The third kappa shape index (κ3) is 3.76. The van der Waals surface area contributed by atoms with Crippen molar-refractivity contribution < 1.29 is 24.1 Å². The molecule has 1 heterocycles. The van der Waals surface area contributed by atoms with E-state index in [1.807, 2.05) is 24.3 Å². The van der Waals surface area contributed by atoms with Crippen molar-refractivity contribution in [3.8, 4) is 11.1 Å². The molecule has 28 heavy (non-hydrogen) atoms. The van der Waals surface area contributed by atoms with Crippen LogP contribution in [-0.2, 0) is 14.2 Å². The molecule has 1 aliphatic carbocycles. The Labute approximate surface area is 164 Å². The number of amides is 1. The van der Waals surface area contributed by atoms with Gasteiger partial charge in [-0.2, -0.15) is 0 Å². The van der Waals surface area contributed by atoms with Crippen molar-refractivity contribution in [3.63, 3.8) is 0 Å². The summed E-state index contributed by atoms with van der Waals surface area (Å²) in [4.78, 5) is 12.3. The van der Waals surface area contributed by atoms with Crippen LogP contribution in [0.25, 0.3) is 11.1 Å². The molecule has 6 nitrogen and oxygen atoms in total. The Morgan fingerprint density at radius 3 is 2.43 bits per heavy atom. The van der Waals surface area contributed by atoms with Gasteiger partial charge in [0.05, 0.1) is 26.4 Å². The van der Waals surface area contributed by atoms with Gasteiger partial charge in [0.1, 0.15) is 12.2 Å². The first-order valence-electron chi connectivity index (χ1n) is 9.64. The predicted octanol–water partition coefficient (Wildman–Crippen LogP) is 2.69. The molecule has 1 amide bonds. The third-order valence-electron chi connectivity index (χ3n) is 5.47. The van der Waals surface area contributed by atoms with Gasteiger partial charge in [0.25, 0.3) is 0 Å². The van der Waals surface area contributed by atoms with Crippen molar-refractivity contribution in [3.05, 3.63) is 59.7 Å². The lowest BCUT2D eigenvalue weighted by Gasteiger charge is -2.27. The third-order valence-corrected chi connectivity index (χ3v) is 5.47. The molecule has 2 N–H and O–H groups in total. The number of hydrogen-bond acceptors (Lipinski definition) is 5. The highest BCUT2D eigenvalue weighted by Gasteiger charge is 2.36. The number of hydrogen-bond donors (Lipinski definition) is 2. The van der Waals surface area contributed by atoms with Crippen LogP contribution >= 0.6 is 0 Å². The summed E-state index contributed by atoms with van der Waals surface area (Å²) in [6.07, 6.45) is 0.206. The topological polar surface area (TPSA) is 77.0 Å². The minimum atomic E-state index is -0.589. The molecule has 4 rings (SSSR count). The van der Waals surface area contributed by atoms with Crippen LogP contribution in [0.15, 0.2) is 48.5 Å². The average molecular weight is 383 g/mol. The molecule has 0 spiro atoms. The molecule has 1 aliphatic heterocycles. The molecule has 148 valence electrons. The summed E-state index contributed by atoms with van der Waals surface area (Å²) in [5.41, 5.74) is 4.18. The number of ether oxygens (including phenoxy) is 3. The van der Waals surface area contributed by atoms with Gasteiger partial charge in [-0.05, 0) is 22.3 Å². The second-order valence-corrected chi connectivity index (χ2v) is 7.24. The Bertz CT molecular complexity index is 786. The van der Waals surface area contributed by atoms with Crippen LogP contribution in [0.3, 0.4) is 0 Å². The van der Waals surface area contributed by atoms with Crippen molar-refractivity contribution in [1.82, 2.24) is 5.32 Å². The summed E-state index contributed by atoms with van der Waals surface area (Å²) < 4.78 is 16.7. The van der Waals surface area contributed by atoms with Crippen LogP contribution in [0.2, 0.25) is 0 Å². The molecule has 0 aromatic heterocycles. The van der Waals surface area contributed by atoms with Gasteiger partial charge in [0, 0.05) is 18.9 Å². The number of aliphatic hydroxyl groups excluding tert-OH is 1. The fourth-order valence-electron chi connectivity index (χ4n) is 4.04. The monoisotopic (exact) mass is 383 g/mol. The highest BCUT2D eigenvalue weighted by Crippen LogP contribution is 2.44. The first-order chi connectivity index (χ1) is 13.7. The zero-order valence-electron chi connectivity index (χ0n) is 15.7. The normalized spacial score (nSPS) is 20.6. The van der Waals surface area contributed by atoms with Crippen molar-refractivity contribution in [2.24, 2.45) is 0 Å². The van der Waals surface area contributed by atoms with Crippen LogP contribution in [-0.4, -0.2) is 56.4 Å². The van der Waals surface area contributed by atoms with E-state index >= 15 is 0 Å². The van der Waals surface area contributed by atoms with E-state index in [0.717, 1.165) is 0 Å². The largest absolute Gasteiger partial charge is 0.449 e. The molecule has 0 radical (unpaired) electrons. The maximum atomic E-state index is 12.3. The molecule has 1 atom stereocenters. The molecular weight excluding hydrogens is 358 g/mol. The molecule has 0 bridgehead atoms. The molecule has 0 saturated carbocycles. The van der Waals surface area contributed by atoms with Crippen LogP contribution in [0.4, 0.5) is 4.79 Å². The predicted molar refractivity (Wildman–Crippen MR) is 104 cm³/mol. The lowest BCUT2D eigenvalue weighted by molar-refractivity contribution is -0.0589. The molecule has 1 unspecified atom stereocenters. The van der Waals surface area contributed by atoms with Gasteiger partial charge in [-0.3, -0.25) is 0 Å². The minimum Gasteiger partial charge on any atom is -0.449 e. The number of carbonyl (C=O) groups is 1. The maximum absolute atomic E-state index is 12.3. The SMILES string of the molecule is O=C(NCC1(OCCO)CCOC1)OCC1c2ccccc2-c2ccccc21. The van der Waals surface area contributed by atoms with Gasteiger partial charge in [-0.1, -0.05) is 48.5 Å². The Morgan fingerprint density at radius 1 is 1.14 bits per heavy atom. The lowest BCUT2D eigenvalue weighted by Crippen LogP contribution is -2.46. The Hall–Kier alpha value is -2.41. The van der Waals surface area contributed by atoms with Crippen LogP contribution in [0, 0.1) is 0 Å². The Kier molecular flexibility index (Phi) is 5.62. The van der Waals surface area contributed by atoms with E-state index in [2.05, 4.69) is 29.6 Å². The Balaban J connectivity index is 1.37. The summed E-state index contributed by atoms with van der Waals surface area (Å²) in [7, 11) is 0. The Morgan fingerprint density at radius 2 is 1.82 bits per heavy atom. The second kappa shape index (κ2) is 8.31. The van der Waals surface area contributed by atoms with E-state index in [1.165, 1.54) is 22.3 Å². The number of fused-ring (bicyclic) bond motifs is 3. The number of benzene rings is 2. The average Bonchev–Trinajstić information content (AvgIpc) is 3.33. The smallest absolute Gasteiger partial charge is 0.407 e. The van der Waals surface area contributed by atoms with Gasteiger partial charge in [0.2, 0.25) is 0 Å². The van der Waals surface area contributed by atoms with Crippen LogP contribution in [0.5, 0.6) is 0 Å². The van der Waals surface area contributed by atoms with Crippen molar-refractivity contribution in [2.45, 2.75) is 17.9 Å². The summed E-state index contributed by atoms with van der Waals surface area (Å²) in [5, 5.41) is 11.8. The van der Waals surface area contributed by atoms with Gasteiger partial charge >= 0.3 is 6.09 Å². The molecule has 2 aromatic rings. The fourth-order valence-corrected chi connectivity index (χ4v) is 4.04. The number of aliphatic hydroxyl groups is 1. The van der Waals surface area contributed by atoms with E-state index in [-0.39, 0.29) is 25.7 Å². The first-order valence-corrected chi connectivity index (χ1v) is 9.64. The van der Waals surface area contributed by atoms with Gasteiger partial charge < -0.3 is 24.6 Å². The fraction of sp³-hybridized carbons (Fsp3) is 0.409. The molecular formula is C22H25NO5. The van der Waals surface area contributed by atoms with Crippen LogP contribution < -0.4 is 5.32 Å². The standard InChI is InChI=1S/C22H25NO5/c24-10-12-28-22(9-11-26-15-22)14-23-21(25)27-13-20-18-7-3-1-5-16(18)17-6-2-4-8-19(17)20/h1-8,20,24H,9-15H2,(H,23,25). The highest BCUT2D eigenvalue weighted by molar-refractivity contribution is 5.79. The van der Waals surface area contributed by atoms with E-state index in [0.29, 0.717) is 26.2 Å². The second-order valence-electron chi connectivity index (χ2n) is 7.24. The molecule has 2 aromatic carbocycles. The molecule has 1 saturated heterocycles. The van der Waals surface area contributed by atoms with E-state index in [4.69, 9.17) is 19.3 Å². The quantitative estimate of drug-likeness (QED) is 0.769. The number of carbonyl (C=O) groups excluding carboxylic acids is 1. The molecule has 6 heteroatoms. The zero-order valence-corrected chi connectivity index (χ0v) is 15.7. The lowest BCUT2D eigenvalue weighted by atomic mass is 9.98. The summed E-state index contributed by atoms with van der Waals surface area (Å²) >= 11 is 0. The molecule has 2 aliphatic rings. The van der Waals surface area contributed by atoms with Crippen molar-refractivity contribution in [2.75, 3.05) is 39.6 Å². The zero-order chi connectivity index (χ0) is 19.4. The first kappa shape index (κ1) is 18.9. The van der Waals surface area contributed by atoms with Gasteiger partial charge in [0.15, 0.2) is 0 Å². The summed E-state index contributed by atoms with van der Waals surface area (Å²) in [6.45, 7) is 1.71. The van der Waals surface area contributed by atoms with Crippen molar-refractivity contribution in [1.29, 1.82) is 0 Å². The minimum absolute atomic E-state index is 0.0348. The highest BCUT2D eigenvalue weighted by atomic mass is 16.6. The summed E-state index contributed by atoms with van der Waals surface area (Å²) in [6, 6.07) is 16.5. The van der Waals surface area contributed by atoms with Crippen molar-refractivity contribution >= 4 is 6.09 Å². The number of rotatable bonds is 7. The maximum Gasteiger partial charge on any atom is 0.407 e.